The summed E-state index contributed by atoms with van der Waals surface area (Å²) in [4.78, 5) is 58.3. The maximum absolute atomic E-state index is 12.9. The lowest BCUT2D eigenvalue weighted by molar-refractivity contribution is -0.161. The first-order valence-electron chi connectivity index (χ1n) is 33.2. The second kappa shape index (κ2) is 62.4. The molecule has 0 fully saturated rings. The van der Waals surface area contributed by atoms with E-state index in [1.165, 1.54) is 25.7 Å². The van der Waals surface area contributed by atoms with Gasteiger partial charge in [0, 0.05) is 19.3 Å². The topological polar surface area (TPSA) is 231 Å². The van der Waals surface area contributed by atoms with Crippen LogP contribution in [-0.2, 0) is 55.8 Å². The van der Waals surface area contributed by atoms with Crippen LogP contribution in [0.4, 0.5) is 0 Å². The molecule has 0 aromatic heterocycles. The lowest BCUT2D eigenvalue weighted by Gasteiger charge is -2.21. The molecule has 18 heteroatoms. The molecule has 5 atom stereocenters. The molecular formula is C69H118O16P2. The Bertz CT molecular complexity index is 2030. The number of hydrogen-bond acceptors (Lipinski definition) is 14. The third kappa shape index (κ3) is 63.6. The van der Waals surface area contributed by atoms with Crippen molar-refractivity contribution in [3.05, 3.63) is 109 Å². The molecule has 0 aliphatic rings. The summed E-state index contributed by atoms with van der Waals surface area (Å²) < 4.78 is 60.8. The van der Waals surface area contributed by atoms with Gasteiger partial charge in [-0.05, 0) is 122 Å². The molecule has 0 radical (unpaired) electrons. The highest BCUT2D eigenvalue weighted by atomic mass is 31.2. The van der Waals surface area contributed by atoms with Crippen LogP contribution in [0.15, 0.2) is 109 Å². The third-order valence-electron chi connectivity index (χ3n) is 13.4. The van der Waals surface area contributed by atoms with Gasteiger partial charge in [-0.2, -0.15) is 0 Å². The molecule has 500 valence electrons. The molecule has 0 saturated carbocycles. The van der Waals surface area contributed by atoms with E-state index < -0.39 is 91.5 Å². The molecule has 0 aliphatic carbocycles. The van der Waals surface area contributed by atoms with Crippen molar-refractivity contribution in [2.45, 2.75) is 270 Å². The van der Waals surface area contributed by atoms with Crippen molar-refractivity contribution in [2.75, 3.05) is 39.6 Å². The number of esters is 3. The zero-order valence-electron chi connectivity index (χ0n) is 53.9. The SMILES string of the molecule is CC/C=C\C/C=C\C/C=C\CCCCCCCCCC(=O)OCC(COP(=O)(O)OCC(O)COP(=O)(O)OCC(O)COC(=O)CCCCCCC/C=C\C/C=C\C/C=C\C/C=C\CCCCC)OC(=O)CCCCCCC/C=C\C/C=C\CCC. The van der Waals surface area contributed by atoms with E-state index in [0.717, 1.165) is 167 Å². The molecule has 0 spiro atoms. The number of phosphoric ester groups is 2. The maximum Gasteiger partial charge on any atom is 0.472 e. The Morgan fingerprint density at radius 3 is 1.01 bits per heavy atom. The molecule has 0 rings (SSSR count). The number of phosphoric acid groups is 2. The minimum atomic E-state index is -4.93. The molecule has 87 heavy (non-hydrogen) atoms. The molecule has 0 heterocycles. The fourth-order valence-electron chi connectivity index (χ4n) is 8.37. The minimum absolute atomic E-state index is 0.0835. The fraction of sp³-hybridized carbons (Fsp3) is 0.696. The van der Waals surface area contributed by atoms with E-state index in [4.69, 9.17) is 32.3 Å². The van der Waals surface area contributed by atoms with E-state index in [2.05, 4.69) is 130 Å². The number of carbonyl (C=O) groups is 3. The standard InChI is InChI=1S/C69H118O16P2/c1-4-7-10-13-16-19-22-25-27-29-30-31-32-34-36-38-40-43-46-49-52-55-67(72)79-58-64(70)59-81-86(75,76)82-60-65(71)61-83-87(77,78)84-63-66(85-69(74)57-54-51-48-45-42-37-24-21-18-15-12-9-6-3)62-80-68(73)56-53-50-47-44-41-39-35-33-28-26-23-20-17-14-11-8-5-2/h8,11-12,15-17,19-21,24-28,30-31,34,36,64-66,70-71H,4-7,9-10,13-14,18,22-23,29,32-33,35,37-63H2,1-3H3,(H,75,76)(H,77,78)/b11-8-,15-12-,19-16-,20-17-,24-21-,27-25-,28-26-,31-30-,36-34-. The predicted octanol–water partition coefficient (Wildman–Crippen LogP) is 18.1. The van der Waals surface area contributed by atoms with Crippen LogP contribution >= 0.6 is 15.6 Å². The van der Waals surface area contributed by atoms with Crippen LogP contribution in [-0.4, -0.2) is 95.9 Å². The summed E-state index contributed by atoms with van der Waals surface area (Å²) in [6, 6.07) is 0. The van der Waals surface area contributed by atoms with E-state index in [-0.39, 0.29) is 19.3 Å². The van der Waals surface area contributed by atoms with Gasteiger partial charge in [0.1, 0.15) is 25.4 Å². The van der Waals surface area contributed by atoms with Crippen molar-refractivity contribution in [3.63, 3.8) is 0 Å². The lowest BCUT2D eigenvalue weighted by Crippen LogP contribution is -2.30. The Balaban J connectivity index is 4.65. The van der Waals surface area contributed by atoms with Crippen molar-refractivity contribution in [3.8, 4) is 0 Å². The summed E-state index contributed by atoms with van der Waals surface area (Å²) in [7, 11) is -9.79. The van der Waals surface area contributed by atoms with Crippen molar-refractivity contribution < 1.29 is 75.8 Å². The lowest BCUT2D eigenvalue weighted by atomic mass is 10.1. The van der Waals surface area contributed by atoms with Crippen molar-refractivity contribution >= 4 is 33.6 Å². The number of rotatable bonds is 62. The largest absolute Gasteiger partial charge is 0.472 e. The summed E-state index contributed by atoms with van der Waals surface area (Å²) in [5.41, 5.74) is 0. The number of hydrogen-bond donors (Lipinski definition) is 4. The molecule has 0 aliphatic heterocycles. The molecule has 5 unspecified atom stereocenters. The Kier molecular flexibility index (Phi) is 59.7. The highest BCUT2D eigenvalue weighted by Gasteiger charge is 2.29. The van der Waals surface area contributed by atoms with Crippen molar-refractivity contribution in [2.24, 2.45) is 0 Å². The zero-order chi connectivity index (χ0) is 63.8. The summed E-state index contributed by atoms with van der Waals surface area (Å²) >= 11 is 0. The van der Waals surface area contributed by atoms with E-state index in [9.17, 15) is 43.5 Å². The maximum atomic E-state index is 12.9. The molecular weight excluding hydrogens is 1150 g/mol. The number of allylic oxidation sites excluding steroid dienone is 18. The molecule has 0 amide bonds. The van der Waals surface area contributed by atoms with Crippen LogP contribution in [0.25, 0.3) is 0 Å². The highest BCUT2D eigenvalue weighted by Crippen LogP contribution is 2.45. The van der Waals surface area contributed by atoms with Gasteiger partial charge in [0.15, 0.2) is 6.10 Å². The third-order valence-corrected chi connectivity index (χ3v) is 15.3. The first-order chi connectivity index (χ1) is 42.2. The van der Waals surface area contributed by atoms with E-state index in [1.54, 1.807) is 0 Å². The number of aliphatic hydroxyl groups is 2. The molecule has 0 bridgehead atoms. The highest BCUT2D eigenvalue weighted by molar-refractivity contribution is 7.47. The van der Waals surface area contributed by atoms with E-state index in [1.807, 2.05) is 0 Å². The van der Waals surface area contributed by atoms with Crippen LogP contribution in [0.3, 0.4) is 0 Å². The summed E-state index contributed by atoms with van der Waals surface area (Å²) in [6.07, 6.45) is 68.6. The summed E-state index contributed by atoms with van der Waals surface area (Å²) in [5.74, 6) is -1.62. The van der Waals surface area contributed by atoms with Crippen molar-refractivity contribution in [1.82, 2.24) is 0 Å². The van der Waals surface area contributed by atoms with E-state index >= 15 is 0 Å². The average Bonchev–Trinajstić information content (AvgIpc) is 3.69. The van der Waals surface area contributed by atoms with Gasteiger partial charge in [0.05, 0.1) is 26.4 Å². The Morgan fingerprint density at radius 2 is 0.632 bits per heavy atom. The molecule has 0 aromatic rings. The normalized spacial score (nSPS) is 15.0. The zero-order valence-corrected chi connectivity index (χ0v) is 55.7. The molecule has 0 saturated heterocycles. The Hall–Kier alpha value is -3.79. The number of carbonyl (C=O) groups excluding carboxylic acids is 3. The summed E-state index contributed by atoms with van der Waals surface area (Å²) in [5, 5.41) is 20.5. The monoisotopic (exact) mass is 1260 g/mol. The summed E-state index contributed by atoms with van der Waals surface area (Å²) in [6.45, 7) is 2.40. The number of aliphatic hydroxyl groups excluding tert-OH is 2. The van der Waals surface area contributed by atoms with Gasteiger partial charge >= 0.3 is 33.6 Å². The predicted molar refractivity (Wildman–Crippen MR) is 353 cm³/mol. The second-order valence-electron chi connectivity index (χ2n) is 21.9. The minimum Gasteiger partial charge on any atom is -0.463 e. The van der Waals surface area contributed by atoms with Gasteiger partial charge in [-0.15, -0.1) is 0 Å². The molecule has 4 N–H and O–H groups in total. The fourth-order valence-corrected chi connectivity index (χ4v) is 9.95. The Morgan fingerprint density at radius 1 is 0.333 bits per heavy atom. The number of unbranched alkanes of at least 4 members (excludes halogenated alkanes) is 21. The first kappa shape index (κ1) is 83.2. The molecule has 0 aromatic carbocycles. The first-order valence-corrected chi connectivity index (χ1v) is 36.2. The van der Waals surface area contributed by atoms with Gasteiger partial charge in [-0.1, -0.05) is 220 Å². The Labute approximate surface area is 526 Å². The van der Waals surface area contributed by atoms with Gasteiger partial charge < -0.3 is 34.2 Å². The molecule has 16 nitrogen and oxygen atoms in total. The van der Waals surface area contributed by atoms with Gasteiger partial charge in [0.2, 0.25) is 0 Å². The van der Waals surface area contributed by atoms with Crippen LogP contribution in [0.5, 0.6) is 0 Å². The van der Waals surface area contributed by atoms with Crippen LogP contribution in [0, 0.1) is 0 Å². The van der Waals surface area contributed by atoms with Gasteiger partial charge in [-0.25, -0.2) is 9.13 Å². The second-order valence-corrected chi connectivity index (χ2v) is 24.8. The van der Waals surface area contributed by atoms with E-state index in [0.29, 0.717) is 19.3 Å². The van der Waals surface area contributed by atoms with Crippen LogP contribution in [0.2, 0.25) is 0 Å². The smallest absolute Gasteiger partial charge is 0.463 e. The van der Waals surface area contributed by atoms with Gasteiger partial charge in [0.25, 0.3) is 0 Å². The van der Waals surface area contributed by atoms with Crippen LogP contribution < -0.4 is 0 Å². The van der Waals surface area contributed by atoms with Crippen LogP contribution in [0.1, 0.15) is 252 Å². The average molecular weight is 1270 g/mol. The quantitative estimate of drug-likeness (QED) is 0.0146. The number of ether oxygens (including phenoxy) is 3. The van der Waals surface area contributed by atoms with Crippen molar-refractivity contribution in [1.29, 1.82) is 0 Å². The van der Waals surface area contributed by atoms with Gasteiger partial charge in [-0.3, -0.25) is 32.5 Å².